The summed E-state index contributed by atoms with van der Waals surface area (Å²) in [5, 5.41) is 18.7. The van der Waals surface area contributed by atoms with E-state index in [1.165, 1.54) is 0 Å². The summed E-state index contributed by atoms with van der Waals surface area (Å²) in [6.07, 6.45) is 6.11. The largest absolute Gasteiger partial charge is 0.380 e. The Labute approximate surface area is 195 Å². The zero-order valence-electron chi connectivity index (χ0n) is 18.9. The van der Waals surface area contributed by atoms with Crippen molar-refractivity contribution in [2.45, 2.75) is 18.5 Å². The van der Waals surface area contributed by atoms with Gasteiger partial charge in [0.15, 0.2) is 11.5 Å². The van der Waals surface area contributed by atoms with Crippen molar-refractivity contribution < 1.29 is 9.53 Å². The third-order valence-electron chi connectivity index (χ3n) is 5.76. The molecule has 12 nitrogen and oxygen atoms in total. The van der Waals surface area contributed by atoms with Gasteiger partial charge in [-0.1, -0.05) is 0 Å². The molecular formula is C22H26N10O2. The number of rotatable bonds is 6. The molecule has 1 amide bonds. The summed E-state index contributed by atoms with van der Waals surface area (Å²) < 4.78 is 8.75. The quantitative estimate of drug-likeness (QED) is 0.331. The minimum absolute atomic E-state index is 0.0620. The third kappa shape index (κ3) is 4.28. The van der Waals surface area contributed by atoms with Crippen molar-refractivity contribution >= 4 is 34.1 Å². The topological polar surface area (TPSA) is 150 Å². The lowest BCUT2D eigenvalue weighted by molar-refractivity contribution is 0.0752. The number of benzene rings is 1. The number of fused-ring (bicyclic) bond motifs is 1. The van der Waals surface area contributed by atoms with Crippen LogP contribution in [0.25, 0.3) is 16.7 Å². The second-order valence-electron chi connectivity index (χ2n) is 8.10. The van der Waals surface area contributed by atoms with Crippen molar-refractivity contribution in [1.82, 2.24) is 34.8 Å². The predicted molar refractivity (Wildman–Crippen MR) is 127 cm³/mol. The molecule has 0 spiro atoms. The van der Waals surface area contributed by atoms with Gasteiger partial charge in [0.05, 0.1) is 30.2 Å². The van der Waals surface area contributed by atoms with Gasteiger partial charge in [-0.3, -0.25) is 9.48 Å². The smallest absolute Gasteiger partial charge is 0.272 e. The van der Waals surface area contributed by atoms with Crippen LogP contribution in [0, 0.1) is 0 Å². The number of hydrogen-bond donors (Lipinski definition) is 4. The highest BCUT2D eigenvalue weighted by molar-refractivity contribution is 6.05. The van der Waals surface area contributed by atoms with Gasteiger partial charge in [0.25, 0.3) is 5.91 Å². The predicted octanol–water partition coefficient (Wildman–Crippen LogP) is 1.18. The van der Waals surface area contributed by atoms with Gasteiger partial charge in [0, 0.05) is 56.1 Å². The van der Waals surface area contributed by atoms with Crippen molar-refractivity contribution in [2.24, 2.45) is 12.8 Å². The number of carbonyl (C=O) groups is 1. The highest BCUT2D eigenvalue weighted by Gasteiger charge is 2.22. The van der Waals surface area contributed by atoms with E-state index in [1.54, 1.807) is 41.9 Å². The van der Waals surface area contributed by atoms with Crippen LogP contribution in [0.1, 0.15) is 16.9 Å². The first kappa shape index (κ1) is 21.8. The maximum absolute atomic E-state index is 12.2. The van der Waals surface area contributed by atoms with Crippen molar-refractivity contribution in [3.05, 3.63) is 48.5 Å². The Balaban J connectivity index is 1.35. The molecule has 4 aromatic rings. The molecule has 5 N–H and O–H groups in total. The fourth-order valence-electron chi connectivity index (χ4n) is 3.97. The molecule has 1 saturated heterocycles. The van der Waals surface area contributed by atoms with Crippen molar-refractivity contribution in [3.63, 3.8) is 0 Å². The van der Waals surface area contributed by atoms with E-state index in [0.717, 1.165) is 28.7 Å². The molecule has 1 aliphatic heterocycles. The summed E-state index contributed by atoms with van der Waals surface area (Å²) in [6.45, 7) is 1.23. The van der Waals surface area contributed by atoms with E-state index in [2.05, 4.69) is 36.1 Å². The van der Waals surface area contributed by atoms with E-state index in [-0.39, 0.29) is 18.0 Å². The molecule has 0 bridgehead atoms. The highest BCUT2D eigenvalue weighted by Crippen LogP contribution is 2.24. The molecular weight excluding hydrogens is 436 g/mol. The number of hydrogen-bond acceptors (Lipinski definition) is 9. The fourth-order valence-corrected chi connectivity index (χ4v) is 3.97. The number of ether oxygens (including phenoxy) is 1. The zero-order valence-corrected chi connectivity index (χ0v) is 18.9. The second kappa shape index (κ2) is 9.08. The summed E-state index contributed by atoms with van der Waals surface area (Å²) in [5.41, 5.74) is 8.94. The maximum atomic E-state index is 12.2. The number of nitrogens with two attached hydrogens (primary N) is 1. The molecule has 5 rings (SSSR count). The summed E-state index contributed by atoms with van der Waals surface area (Å²) in [7, 11) is 3.38. The highest BCUT2D eigenvalue weighted by atomic mass is 16.5. The summed E-state index contributed by atoms with van der Waals surface area (Å²) in [4.78, 5) is 21.1. The van der Waals surface area contributed by atoms with E-state index < -0.39 is 0 Å². The van der Waals surface area contributed by atoms with E-state index in [1.807, 2.05) is 24.4 Å². The lowest BCUT2D eigenvalue weighted by Gasteiger charge is -2.29. The van der Waals surface area contributed by atoms with Gasteiger partial charge < -0.3 is 26.4 Å². The molecule has 1 aliphatic rings. The van der Waals surface area contributed by atoms with Gasteiger partial charge in [-0.2, -0.15) is 15.2 Å². The van der Waals surface area contributed by atoms with Gasteiger partial charge in [-0.05, 0) is 24.6 Å². The Hall–Kier alpha value is -4.03. The van der Waals surface area contributed by atoms with Crippen LogP contribution in [0.2, 0.25) is 0 Å². The number of nitrogens with zero attached hydrogens (tertiary/aromatic N) is 6. The number of carbonyl (C=O) groups excluding carboxylic acids is 1. The molecule has 34 heavy (non-hydrogen) atoms. The normalized spacial score (nSPS) is 18.1. The van der Waals surface area contributed by atoms with Crippen LogP contribution in [-0.4, -0.2) is 67.8 Å². The first-order chi connectivity index (χ1) is 16.5. The van der Waals surface area contributed by atoms with E-state index in [9.17, 15) is 4.79 Å². The summed E-state index contributed by atoms with van der Waals surface area (Å²) >= 11 is 0. The first-order valence-corrected chi connectivity index (χ1v) is 11.0. The fraction of sp³-hybridized carbons (Fsp3) is 0.318. The number of amides is 1. The number of aromatic nitrogens is 6. The number of aryl methyl sites for hydroxylation is 1. The van der Waals surface area contributed by atoms with Crippen LogP contribution in [0.3, 0.4) is 0 Å². The van der Waals surface area contributed by atoms with Crippen LogP contribution in [0.4, 0.5) is 17.3 Å². The Bertz CT molecular complexity index is 1330. The van der Waals surface area contributed by atoms with Crippen molar-refractivity contribution in [1.29, 1.82) is 0 Å². The average molecular weight is 463 g/mol. The SMILES string of the molecule is CNC(=O)c1nn(C)c2ccc(Nc3nccc(-n4cc(N[C@@H]5CCOC[C@@H]5N)cn4)n3)cc12. The lowest BCUT2D eigenvalue weighted by atomic mass is 10.0. The van der Waals surface area contributed by atoms with Gasteiger partial charge >= 0.3 is 0 Å². The molecule has 3 aromatic heterocycles. The third-order valence-corrected chi connectivity index (χ3v) is 5.76. The molecule has 12 heteroatoms. The second-order valence-corrected chi connectivity index (χ2v) is 8.10. The molecule has 1 fully saturated rings. The van der Waals surface area contributed by atoms with E-state index >= 15 is 0 Å². The average Bonchev–Trinajstić information content (AvgIpc) is 3.45. The summed E-state index contributed by atoms with van der Waals surface area (Å²) in [6, 6.07) is 7.49. The Morgan fingerprint density at radius 2 is 2.15 bits per heavy atom. The molecule has 0 unspecified atom stereocenters. The Morgan fingerprint density at radius 3 is 2.97 bits per heavy atom. The monoisotopic (exact) mass is 462 g/mol. The van der Waals surface area contributed by atoms with E-state index in [0.29, 0.717) is 30.7 Å². The number of nitrogens with one attached hydrogen (secondary N) is 3. The Morgan fingerprint density at radius 1 is 1.26 bits per heavy atom. The summed E-state index contributed by atoms with van der Waals surface area (Å²) in [5.74, 6) is 0.764. The minimum atomic E-state index is -0.245. The Kier molecular flexibility index (Phi) is 5.82. The van der Waals surface area contributed by atoms with Crippen LogP contribution in [-0.2, 0) is 11.8 Å². The molecule has 0 radical (unpaired) electrons. The lowest BCUT2D eigenvalue weighted by Crippen LogP contribution is -2.47. The minimum Gasteiger partial charge on any atom is -0.380 e. The maximum Gasteiger partial charge on any atom is 0.272 e. The first-order valence-electron chi connectivity index (χ1n) is 11.0. The molecule has 1 aromatic carbocycles. The molecule has 2 atom stereocenters. The van der Waals surface area contributed by atoms with Crippen LogP contribution >= 0.6 is 0 Å². The standard InChI is InChI=1S/C22H26N10O2/c1-24-21(33)20-15-9-13(3-4-18(15)31(2)30-20)28-22-25-7-5-19(29-22)32-11-14(10-26-32)27-17-6-8-34-12-16(17)23/h3-5,7,9-11,16-17,27H,6,8,12,23H2,1-2H3,(H,24,33)(H,25,28,29)/t16-,17+/m0/s1. The van der Waals surface area contributed by atoms with Gasteiger partial charge in [-0.25, -0.2) is 9.67 Å². The van der Waals surface area contributed by atoms with E-state index in [4.69, 9.17) is 10.5 Å². The van der Waals surface area contributed by atoms with Crippen LogP contribution < -0.4 is 21.7 Å². The van der Waals surface area contributed by atoms with Gasteiger partial charge in [-0.15, -0.1) is 0 Å². The molecule has 0 aliphatic carbocycles. The van der Waals surface area contributed by atoms with Crippen LogP contribution in [0.15, 0.2) is 42.9 Å². The molecule has 4 heterocycles. The van der Waals surface area contributed by atoms with Gasteiger partial charge in [0.2, 0.25) is 5.95 Å². The van der Waals surface area contributed by atoms with Gasteiger partial charge in [0.1, 0.15) is 0 Å². The number of anilines is 3. The zero-order chi connectivity index (χ0) is 23.7. The van der Waals surface area contributed by atoms with Crippen LogP contribution in [0.5, 0.6) is 0 Å². The van der Waals surface area contributed by atoms with Crippen molar-refractivity contribution in [3.8, 4) is 5.82 Å². The molecule has 176 valence electrons. The van der Waals surface area contributed by atoms with Crippen molar-refractivity contribution in [2.75, 3.05) is 30.9 Å². The molecule has 0 saturated carbocycles.